The van der Waals surface area contributed by atoms with Gasteiger partial charge in [-0.15, -0.1) is 13.2 Å². The minimum absolute atomic E-state index is 0.148. The van der Waals surface area contributed by atoms with E-state index in [-0.39, 0.29) is 17.5 Å². The molecule has 0 radical (unpaired) electrons. The quantitative estimate of drug-likeness (QED) is 0.737. The second-order valence-corrected chi connectivity index (χ2v) is 5.92. The Morgan fingerprint density at radius 2 is 2.00 bits per heavy atom. The number of fused-ring (bicyclic) bond motifs is 1. The van der Waals surface area contributed by atoms with Crippen molar-refractivity contribution in [2.75, 3.05) is 6.54 Å². The summed E-state index contributed by atoms with van der Waals surface area (Å²) in [6.07, 6.45) is -2.57. The van der Waals surface area contributed by atoms with E-state index >= 15 is 0 Å². The highest BCUT2D eigenvalue weighted by atomic mass is 19.4. The van der Waals surface area contributed by atoms with Gasteiger partial charge in [0.1, 0.15) is 5.75 Å². The highest BCUT2D eigenvalue weighted by molar-refractivity contribution is 5.97. The zero-order valence-corrected chi connectivity index (χ0v) is 13.8. The van der Waals surface area contributed by atoms with Crippen molar-refractivity contribution in [3.05, 3.63) is 53.9 Å². The first-order chi connectivity index (χ1) is 12.9. The molecule has 138 valence electrons. The van der Waals surface area contributed by atoms with E-state index < -0.39 is 6.36 Å². The summed E-state index contributed by atoms with van der Waals surface area (Å²) in [6, 6.07) is 8.83. The van der Waals surface area contributed by atoms with Crippen molar-refractivity contribution < 1.29 is 22.7 Å². The molecule has 0 saturated carbocycles. The molecule has 4 rings (SSSR count). The molecule has 9 heteroatoms. The molecule has 3 heterocycles. The summed E-state index contributed by atoms with van der Waals surface area (Å²) in [4.78, 5) is 23.6. The molecule has 0 spiro atoms. The number of nitrogens with zero attached hydrogens (tertiary/aromatic N) is 2. The van der Waals surface area contributed by atoms with Gasteiger partial charge in [-0.1, -0.05) is 12.1 Å². The summed E-state index contributed by atoms with van der Waals surface area (Å²) in [5.74, 6) is -0.247. The monoisotopic (exact) mass is 374 g/mol. The van der Waals surface area contributed by atoms with Crippen LogP contribution in [0.25, 0.3) is 22.8 Å². The number of nitrogens with one attached hydrogen (secondary N) is 2. The number of aromatic amines is 1. The summed E-state index contributed by atoms with van der Waals surface area (Å²) >= 11 is 0. The van der Waals surface area contributed by atoms with Crippen LogP contribution in [0.4, 0.5) is 13.2 Å². The molecule has 3 aromatic rings. The van der Waals surface area contributed by atoms with Crippen LogP contribution in [0.2, 0.25) is 0 Å². The van der Waals surface area contributed by atoms with E-state index in [1.807, 2.05) is 0 Å². The second kappa shape index (κ2) is 6.42. The van der Waals surface area contributed by atoms with Gasteiger partial charge in [0.25, 0.3) is 5.91 Å². The lowest BCUT2D eigenvalue weighted by Crippen LogP contribution is -2.31. The highest BCUT2D eigenvalue weighted by Crippen LogP contribution is 2.28. The van der Waals surface area contributed by atoms with Crippen LogP contribution in [-0.2, 0) is 6.42 Å². The lowest BCUT2D eigenvalue weighted by atomic mass is 10.1. The molecule has 27 heavy (non-hydrogen) atoms. The molecule has 1 aliphatic rings. The normalized spacial score (nSPS) is 13.8. The van der Waals surface area contributed by atoms with E-state index in [2.05, 4.69) is 25.0 Å². The molecule has 0 bridgehead atoms. The number of aromatic nitrogens is 3. The number of halogens is 3. The van der Waals surface area contributed by atoms with Gasteiger partial charge >= 0.3 is 6.36 Å². The molecular formula is C18H13F3N4O2. The number of carbonyl (C=O) groups is 1. The predicted octanol–water partition coefficient (Wildman–Crippen LogP) is 3.32. The van der Waals surface area contributed by atoms with Crippen LogP contribution in [0, 0.1) is 0 Å². The number of ether oxygens (including phenoxy) is 1. The van der Waals surface area contributed by atoms with Crippen LogP contribution in [0.5, 0.6) is 5.75 Å². The Bertz CT molecular complexity index is 1010. The average molecular weight is 374 g/mol. The third-order valence-corrected chi connectivity index (χ3v) is 4.06. The number of hydrogen-bond donors (Lipinski definition) is 2. The van der Waals surface area contributed by atoms with Crippen molar-refractivity contribution in [3.63, 3.8) is 0 Å². The number of H-pyrrole nitrogens is 1. The zero-order valence-electron chi connectivity index (χ0n) is 13.8. The first-order valence-corrected chi connectivity index (χ1v) is 8.09. The summed E-state index contributed by atoms with van der Waals surface area (Å²) in [5, 5.41) is 2.77. The van der Waals surface area contributed by atoms with Gasteiger partial charge in [-0.25, -0.2) is 9.97 Å². The number of carbonyl (C=O) groups excluding carboxylic acids is 1. The van der Waals surface area contributed by atoms with Crippen LogP contribution in [-0.4, -0.2) is 33.8 Å². The highest BCUT2D eigenvalue weighted by Gasteiger charge is 2.31. The van der Waals surface area contributed by atoms with E-state index in [1.165, 1.54) is 24.4 Å². The molecule has 0 aliphatic carbocycles. The number of hydrogen-bond acceptors (Lipinski definition) is 4. The molecule has 1 aliphatic heterocycles. The first kappa shape index (κ1) is 17.1. The van der Waals surface area contributed by atoms with E-state index in [0.717, 1.165) is 5.69 Å². The lowest BCUT2D eigenvalue weighted by Gasteiger charge is -2.11. The van der Waals surface area contributed by atoms with Gasteiger partial charge in [0, 0.05) is 30.4 Å². The van der Waals surface area contributed by atoms with Crippen LogP contribution < -0.4 is 10.1 Å². The fraction of sp³-hybridized carbons (Fsp3) is 0.167. The molecule has 2 aromatic heterocycles. The van der Waals surface area contributed by atoms with Crippen molar-refractivity contribution in [1.29, 1.82) is 0 Å². The third kappa shape index (κ3) is 3.62. The van der Waals surface area contributed by atoms with Gasteiger partial charge in [-0.3, -0.25) is 4.79 Å². The molecule has 1 amide bonds. The Labute approximate surface area is 151 Å². The smallest absolute Gasteiger partial charge is 0.406 e. The Hall–Kier alpha value is -3.36. The maximum atomic E-state index is 12.4. The van der Waals surface area contributed by atoms with Gasteiger partial charge < -0.3 is 15.0 Å². The van der Waals surface area contributed by atoms with E-state index in [9.17, 15) is 18.0 Å². The molecule has 2 N–H and O–H groups in total. The maximum absolute atomic E-state index is 12.4. The largest absolute Gasteiger partial charge is 0.573 e. The van der Waals surface area contributed by atoms with Crippen LogP contribution >= 0.6 is 0 Å². The van der Waals surface area contributed by atoms with Gasteiger partial charge in [-0.05, 0) is 24.3 Å². The fourth-order valence-corrected chi connectivity index (χ4v) is 2.91. The van der Waals surface area contributed by atoms with Crippen LogP contribution in [0.1, 0.15) is 16.1 Å². The number of amides is 1. The molecule has 6 nitrogen and oxygen atoms in total. The molecule has 1 aromatic carbocycles. The molecular weight excluding hydrogens is 361 g/mol. The Morgan fingerprint density at radius 3 is 2.78 bits per heavy atom. The van der Waals surface area contributed by atoms with Crippen molar-refractivity contribution in [3.8, 4) is 28.5 Å². The Kier molecular flexibility index (Phi) is 4.06. The van der Waals surface area contributed by atoms with Gasteiger partial charge in [0.05, 0.1) is 17.0 Å². The molecule has 0 unspecified atom stereocenters. The minimum Gasteiger partial charge on any atom is -0.406 e. The van der Waals surface area contributed by atoms with Crippen LogP contribution in [0.3, 0.4) is 0 Å². The minimum atomic E-state index is -4.77. The summed E-state index contributed by atoms with van der Waals surface area (Å²) < 4.78 is 41.2. The van der Waals surface area contributed by atoms with Gasteiger partial charge in [-0.2, -0.15) is 0 Å². The third-order valence-electron chi connectivity index (χ3n) is 4.06. The Morgan fingerprint density at radius 1 is 1.15 bits per heavy atom. The van der Waals surface area contributed by atoms with Crippen molar-refractivity contribution in [2.45, 2.75) is 12.8 Å². The molecule has 0 saturated heterocycles. The van der Waals surface area contributed by atoms with Gasteiger partial charge in [0.2, 0.25) is 0 Å². The zero-order chi connectivity index (χ0) is 19.0. The first-order valence-electron chi connectivity index (χ1n) is 8.09. The topological polar surface area (TPSA) is 79.9 Å². The van der Waals surface area contributed by atoms with E-state index in [1.54, 1.807) is 18.2 Å². The van der Waals surface area contributed by atoms with Crippen molar-refractivity contribution in [1.82, 2.24) is 20.3 Å². The van der Waals surface area contributed by atoms with Gasteiger partial charge in [0.15, 0.2) is 5.82 Å². The summed E-state index contributed by atoms with van der Waals surface area (Å²) in [7, 11) is 0. The number of alkyl halides is 3. The lowest BCUT2D eigenvalue weighted by molar-refractivity contribution is -0.274. The number of benzene rings is 1. The van der Waals surface area contributed by atoms with Crippen molar-refractivity contribution in [2.24, 2.45) is 0 Å². The molecule has 0 atom stereocenters. The average Bonchev–Trinajstić information content (AvgIpc) is 3.06. The maximum Gasteiger partial charge on any atom is 0.573 e. The standard InChI is InChI=1S/C18H13F3N4O2/c19-18(20,21)27-11-3-1-2-10(8-11)16-22-6-5-14(25-16)15-9-12-13(24-15)4-7-23-17(12)26/h1-3,5-6,8-9,24H,4,7H2,(H,23,26). The van der Waals surface area contributed by atoms with Crippen molar-refractivity contribution >= 4 is 5.91 Å². The summed E-state index contributed by atoms with van der Waals surface area (Å²) in [6.45, 7) is 0.562. The van der Waals surface area contributed by atoms with Crippen LogP contribution in [0.15, 0.2) is 42.6 Å². The predicted molar refractivity (Wildman–Crippen MR) is 90.0 cm³/mol. The van der Waals surface area contributed by atoms with E-state index in [0.29, 0.717) is 35.5 Å². The SMILES string of the molecule is O=C1NCCc2[nH]c(-c3ccnc(-c4cccc(OC(F)(F)F)c4)n3)cc21. The van der Waals surface area contributed by atoms with E-state index in [4.69, 9.17) is 0 Å². The second-order valence-electron chi connectivity index (χ2n) is 5.92. The summed E-state index contributed by atoms with van der Waals surface area (Å²) in [5.41, 5.74) is 2.95. The molecule has 0 fully saturated rings. The number of rotatable bonds is 3. The fourth-order valence-electron chi connectivity index (χ4n) is 2.91. The Balaban J connectivity index is 1.68.